The fourth-order valence-corrected chi connectivity index (χ4v) is 3.29. The summed E-state index contributed by atoms with van der Waals surface area (Å²) in [6.45, 7) is 6.18. The Morgan fingerprint density at radius 2 is 1.78 bits per heavy atom. The van der Waals surface area contributed by atoms with Crippen molar-refractivity contribution >= 4 is 0 Å². The number of halogens is 1. The van der Waals surface area contributed by atoms with Gasteiger partial charge < -0.3 is 9.84 Å². The summed E-state index contributed by atoms with van der Waals surface area (Å²) < 4.78 is 19.9. The second-order valence-electron chi connectivity index (χ2n) is 6.78. The number of hydrogen-bond donors (Lipinski definition) is 1. The van der Waals surface area contributed by atoms with E-state index in [9.17, 15) is 9.50 Å². The fourth-order valence-electron chi connectivity index (χ4n) is 3.29. The summed E-state index contributed by atoms with van der Waals surface area (Å²) in [7, 11) is 0. The molecule has 0 saturated carbocycles. The molecule has 27 heavy (non-hydrogen) atoms. The summed E-state index contributed by atoms with van der Waals surface area (Å²) in [4.78, 5) is 4.58. The van der Waals surface area contributed by atoms with Crippen molar-refractivity contribution in [2.75, 3.05) is 0 Å². The molecule has 1 N–H and O–H groups in total. The Hall–Kier alpha value is -2.88. The summed E-state index contributed by atoms with van der Waals surface area (Å²) in [5, 5.41) is 9.73. The van der Waals surface area contributed by atoms with Crippen LogP contribution in [0.3, 0.4) is 0 Å². The van der Waals surface area contributed by atoms with Gasteiger partial charge in [0.05, 0.1) is 5.69 Å². The maximum atomic E-state index is 14.1. The van der Waals surface area contributed by atoms with Gasteiger partial charge in [0.15, 0.2) is 0 Å². The van der Waals surface area contributed by atoms with Gasteiger partial charge in [-0.15, -0.1) is 0 Å². The van der Waals surface area contributed by atoms with E-state index in [-0.39, 0.29) is 18.2 Å². The Morgan fingerprint density at radius 1 is 1.04 bits per heavy atom. The van der Waals surface area contributed by atoms with Crippen molar-refractivity contribution in [1.29, 1.82) is 0 Å². The normalized spacial score (nSPS) is 10.8. The lowest BCUT2D eigenvalue weighted by atomic mass is 9.99. The topological polar surface area (TPSA) is 42.4 Å². The average molecular weight is 365 g/mol. The zero-order chi connectivity index (χ0) is 19.4. The van der Waals surface area contributed by atoms with Crippen LogP contribution in [0, 0.1) is 19.7 Å². The van der Waals surface area contributed by atoms with Crippen LogP contribution in [-0.4, -0.2) is 10.1 Å². The van der Waals surface area contributed by atoms with Crippen molar-refractivity contribution in [1.82, 2.24) is 4.98 Å². The van der Waals surface area contributed by atoms with Crippen molar-refractivity contribution in [3.05, 3.63) is 76.6 Å². The first-order valence-electron chi connectivity index (χ1n) is 9.15. The molecule has 0 saturated heterocycles. The van der Waals surface area contributed by atoms with Crippen LogP contribution in [0.2, 0.25) is 0 Å². The van der Waals surface area contributed by atoms with Crippen LogP contribution in [0.25, 0.3) is 11.3 Å². The molecule has 2 aromatic carbocycles. The monoisotopic (exact) mass is 365 g/mol. The molecule has 0 unspecified atom stereocenters. The van der Waals surface area contributed by atoms with E-state index in [2.05, 4.69) is 4.98 Å². The zero-order valence-electron chi connectivity index (χ0n) is 15.9. The molecule has 0 amide bonds. The van der Waals surface area contributed by atoms with Gasteiger partial charge in [0.1, 0.15) is 18.2 Å². The molecule has 3 nitrogen and oxygen atoms in total. The number of phenolic OH excluding ortho intramolecular Hbond substituents is 1. The first-order valence-corrected chi connectivity index (χ1v) is 9.15. The Labute approximate surface area is 159 Å². The lowest BCUT2D eigenvalue weighted by Gasteiger charge is -2.12. The minimum atomic E-state index is -0.185. The third-order valence-electron chi connectivity index (χ3n) is 4.52. The number of aryl methyl sites for hydroxylation is 3. The molecule has 0 spiro atoms. The van der Waals surface area contributed by atoms with Crippen LogP contribution in [0.4, 0.5) is 4.39 Å². The summed E-state index contributed by atoms with van der Waals surface area (Å²) in [6, 6.07) is 14.3. The van der Waals surface area contributed by atoms with Crippen LogP contribution < -0.4 is 4.74 Å². The van der Waals surface area contributed by atoms with Gasteiger partial charge in [-0.1, -0.05) is 31.5 Å². The van der Waals surface area contributed by atoms with Gasteiger partial charge in [0.2, 0.25) is 5.88 Å². The Balaban J connectivity index is 1.78. The zero-order valence-corrected chi connectivity index (χ0v) is 15.9. The van der Waals surface area contributed by atoms with Gasteiger partial charge in [0, 0.05) is 11.6 Å². The third kappa shape index (κ3) is 4.45. The third-order valence-corrected chi connectivity index (χ3v) is 4.52. The number of phenols is 1. The largest absolute Gasteiger partial charge is 0.508 e. The lowest BCUT2D eigenvalue weighted by Crippen LogP contribution is -2.00. The van der Waals surface area contributed by atoms with Crippen molar-refractivity contribution in [3.63, 3.8) is 0 Å². The summed E-state index contributed by atoms with van der Waals surface area (Å²) in [5.74, 6) is 0.544. The minimum Gasteiger partial charge on any atom is -0.508 e. The standard InChI is InChI=1S/C23H24FNO2/c1-4-6-18-10-9-17(13-20(18)24)14-27-22-8-5-7-21(25-22)23-15(2)11-19(26)12-16(23)3/h5,7-13,26H,4,6,14H2,1-3H3. The van der Waals surface area contributed by atoms with E-state index in [1.807, 2.05) is 45.0 Å². The van der Waals surface area contributed by atoms with Crippen molar-refractivity contribution < 1.29 is 14.2 Å². The number of nitrogens with zero attached hydrogens (tertiary/aromatic N) is 1. The van der Waals surface area contributed by atoms with Gasteiger partial charge in [-0.3, -0.25) is 0 Å². The first-order chi connectivity index (χ1) is 13.0. The highest BCUT2D eigenvalue weighted by molar-refractivity contribution is 5.69. The van der Waals surface area contributed by atoms with E-state index in [1.54, 1.807) is 18.2 Å². The van der Waals surface area contributed by atoms with Crippen LogP contribution in [0.15, 0.2) is 48.5 Å². The SMILES string of the molecule is CCCc1ccc(COc2cccc(-c3c(C)cc(O)cc3C)n2)cc1F. The number of ether oxygens (including phenoxy) is 1. The van der Waals surface area contributed by atoms with Crippen LogP contribution in [0.1, 0.15) is 35.6 Å². The Bertz CT molecular complexity index is 930. The predicted octanol–water partition coefficient (Wildman–Crippen LogP) is 5.74. The summed E-state index contributed by atoms with van der Waals surface area (Å²) >= 11 is 0. The van der Waals surface area contributed by atoms with Crippen molar-refractivity contribution in [2.24, 2.45) is 0 Å². The molecular weight excluding hydrogens is 341 g/mol. The molecule has 0 aliphatic heterocycles. The number of benzene rings is 2. The molecule has 3 aromatic rings. The van der Waals surface area contributed by atoms with Crippen LogP contribution in [0.5, 0.6) is 11.6 Å². The van der Waals surface area contributed by atoms with Gasteiger partial charge in [-0.25, -0.2) is 9.37 Å². The number of rotatable bonds is 6. The number of aromatic hydroxyl groups is 1. The molecule has 4 heteroatoms. The molecule has 3 rings (SSSR count). The fraction of sp³-hybridized carbons (Fsp3) is 0.261. The molecular formula is C23H24FNO2. The second kappa shape index (κ2) is 8.21. The van der Waals surface area contributed by atoms with Gasteiger partial charge in [-0.2, -0.15) is 0 Å². The van der Waals surface area contributed by atoms with Crippen LogP contribution >= 0.6 is 0 Å². The van der Waals surface area contributed by atoms with E-state index in [0.29, 0.717) is 5.88 Å². The van der Waals surface area contributed by atoms with Gasteiger partial charge in [0.25, 0.3) is 0 Å². The second-order valence-corrected chi connectivity index (χ2v) is 6.78. The van der Waals surface area contributed by atoms with Crippen molar-refractivity contribution in [2.45, 2.75) is 40.2 Å². The average Bonchev–Trinajstić information content (AvgIpc) is 2.62. The molecule has 140 valence electrons. The van der Waals surface area contributed by atoms with E-state index in [4.69, 9.17) is 4.74 Å². The molecule has 1 aromatic heterocycles. The van der Waals surface area contributed by atoms with E-state index < -0.39 is 0 Å². The highest BCUT2D eigenvalue weighted by atomic mass is 19.1. The molecule has 0 radical (unpaired) electrons. The Morgan fingerprint density at radius 3 is 2.44 bits per heavy atom. The molecule has 0 aliphatic carbocycles. The quantitative estimate of drug-likeness (QED) is 0.605. The first kappa shape index (κ1) is 18.9. The maximum absolute atomic E-state index is 14.1. The van der Waals surface area contributed by atoms with E-state index in [1.165, 1.54) is 6.07 Å². The van der Waals surface area contributed by atoms with Crippen molar-refractivity contribution in [3.8, 4) is 22.9 Å². The number of pyridine rings is 1. The molecule has 0 bridgehead atoms. The summed E-state index contributed by atoms with van der Waals surface area (Å²) in [5.41, 5.74) is 5.17. The molecule has 1 heterocycles. The molecule has 0 aliphatic rings. The predicted molar refractivity (Wildman–Crippen MR) is 106 cm³/mol. The molecule has 0 atom stereocenters. The van der Waals surface area contributed by atoms with E-state index >= 15 is 0 Å². The van der Waals surface area contributed by atoms with Gasteiger partial charge >= 0.3 is 0 Å². The Kier molecular flexibility index (Phi) is 5.75. The number of hydrogen-bond acceptors (Lipinski definition) is 3. The minimum absolute atomic E-state index is 0.185. The van der Waals surface area contributed by atoms with Crippen LogP contribution in [-0.2, 0) is 13.0 Å². The lowest BCUT2D eigenvalue weighted by molar-refractivity contribution is 0.293. The number of aromatic nitrogens is 1. The summed E-state index contributed by atoms with van der Waals surface area (Å²) in [6.07, 6.45) is 1.65. The maximum Gasteiger partial charge on any atom is 0.214 e. The highest BCUT2D eigenvalue weighted by Gasteiger charge is 2.10. The highest BCUT2D eigenvalue weighted by Crippen LogP contribution is 2.30. The van der Waals surface area contributed by atoms with E-state index in [0.717, 1.165) is 46.4 Å². The smallest absolute Gasteiger partial charge is 0.214 e. The molecule has 0 fully saturated rings. The van der Waals surface area contributed by atoms with Gasteiger partial charge in [-0.05, 0) is 66.8 Å².